The molecular formula is Cl4MoNiO4S. The molecule has 0 aliphatic rings. The van der Waals surface area contributed by atoms with Crippen molar-refractivity contribution in [2.75, 3.05) is 0 Å². The fraction of sp³-hybridized carbons (Fsp3) is 0. The van der Waals surface area contributed by atoms with Crippen molar-refractivity contribution in [2.24, 2.45) is 0 Å². The van der Waals surface area contributed by atoms with E-state index in [9.17, 15) is 0 Å². The molecule has 0 bridgehead atoms. The van der Waals surface area contributed by atoms with E-state index in [1.165, 1.54) is 0 Å². The van der Waals surface area contributed by atoms with Crippen molar-refractivity contribution < 1.29 is 45.9 Å². The molecule has 0 atom stereocenters. The molecule has 11 heavy (non-hydrogen) atoms. The summed E-state index contributed by atoms with van der Waals surface area (Å²) in [6.45, 7) is 0. The predicted molar refractivity (Wildman–Crippen MR) is 33.9 cm³/mol. The van der Waals surface area contributed by atoms with E-state index < -0.39 is 22.3 Å². The molecule has 0 aromatic carbocycles. The summed E-state index contributed by atoms with van der Waals surface area (Å²) >= 11 is -3.13. The van der Waals surface area contributed by atoms with Gasteiger partial charge in [-0.3, -0.25) is 8.42 Å². The van der Waals surface area contributed by atoms with Gasteiger partial charge in [0.05, 0.1) is 0 Å². The molecule has 0 unspecified atom stereocenters. The van der Waals surface area contributed by atoms with Crippen LogP contribution >= 0.6 is 37.7 Å². The molecule has 0 radical (unpaired) electrons. The van der Waals surface area contributed by atoms with Crippen LogP contribution in [0.25, 0.3) is 0 Å². The summed E-state index contributed by atoms with van der Waals surface area (Å²) in [6, 6.07) is 0. The van der Waals surface area contributed by atoms with Crippen LogP contribution in [0.15, 0.2) is 0 Å². The van der Waals surface area contributed by atoms with Crippen molar-refractivity contribution in [1.29, 1.82) is 0 Å². The first kappa shape index (κ1) is 18.9. The Morgan fingerprint density at radius 2 is 1.00 bits per heavy atom. The summed E-state index contributed by atoms with van der Waals surface area (Å²) in [5.41, 5.74) is 0. The van der Waals surface area contributed by atoms with Gasteiger partial charge in [-0.15, -0.1) is 0 Å². The van der Waals surface area contributed by atoms with Gasteiger partial charge in [-0.1, -0.05) is 0 Å². The molecule has 0 fully saturated rings. The summed E-state index contributed by atoms with van der Waals surface area (Å²) in [4.78, 5) is 0. The number of rotatable bonds is 0. The maximum atomic E-state index is 8.52. The average Bonchev–Trinajstić information content (AvgIpc) is 1.12. The Labute approximate surface area is 92.9 Å². The summed E-state index contributed by atoms with van der Waals surface area (Å²) in [5, 5.41) is 0. The fourth-order valence-corrected chi connectivity index (χ4v) is 0. The maximum Gasteiger partial charge on any atom is 2.00 e. The van der Waals surface area contributed by atoms with Crippen molar-refractivity contribution in [2.45, 2.75) is 0 Å². The van der Waals surface area contributed by atoms with Gasteiger partial charge in [0.25, 0.3) is 0 Å². The molecule has 0 aromatic heterocycles. The van der Waals surface area contributed by atoms with Crippen molar-refractivity contribution >= 4 is 48.1 Å². The van der Waals surface area contributed by atoms with Crippen molar-refractivity contribution in [3.05, 3.63) is 0 Å². The molecule has 0 spiro atoms. The SMILES string of the molecule is O=S(=O)([O-])[O-].[Cl][Mo]([Cl])([Cl])[Cl].[Ni+2]. The zero-order valence-corrected chi connectivity index (χ0v) is 11.1. The molecule has 0 saturated carbocycles. The second kappa shape index (κ2) is 7.60. The molecule has 74 valence electrons. The van der Waals surface area contributed by atoms with E-state index in [0.29, 0.717) is 0 Å². The third kappa shape index (κ3) is 260. The van der Waals surface area contributed by atoms with Crippen LogP contribution in [0.2, 0.25) is 0 Å². The molecule has 0 aromatic rings. The second-order valence-electron chi connectivity index (χ2n) is 0.758. The Bertz CT molecular complexity index is 157. The minimum Gasteiger partial charge on any atom is 2.00 e. The second-order valence-corrected chi connectivity index (χ2v) is 19.9. The van der Waals surface area contributed by atoms with Gasteiger partial charge < -0.3 is 9.11 Å². The molecule has 11 heteroatoms. The van der Waals surface area contributed by atoms with Crippen LogP contribution in [-0.2, 0) is 38.8 Å². The maximum absolute atomic E-state index is 8.52. The fourth-order valence-electron chi connectivity index (χ4n) is 0. The van der Waals surface area contributed by atoms with Gasteiger partial charge in [0.1, 0.15) is 0 Å². The summed E-state index contributed by atoms with van der Waals surface area (Å²) in [6.07, 6.45) is 0. The summed E-state index contributed by atoms with van der Waals surface area (Å²) < 4.78 is 34.1. The van der Waals surface area contributed by atoms with E-state index in [0.717, 1.165) is 0 Å². The number of halogens is 4. The van der Waals surface area contributed by atoms with Crippen LogP contribution in [-0.4, -0.2) is 17.5 Å². The Kier molecular flexibility index (Phi) is 13.1. The van der Waals surface area contributed by atoms with E-state index >= 15 is 0 Å². The minimum atomic E-state index is -5.17. The normalized spacial score (nSPS) is 12.2. The minimum absolute atomic E-state index is 0. The largest absolute Gasteiger partial charge is 2.00 e. The van der Waals surface area contributed by atoms with Gasteiger partial charge in [0.2, 0.25) is 0 Å². The topological polar surface area (TPSA) is 80.3 Å². The molecule has 0 amide bonds. The van der Waals surface area contributed by atoms with Gasteiger partial charge in [-0.2, -0.15) is 0 Å². The van der Waals surface area contributed by atoms with Crippen molar-refractivity contribution in [1.82, 2.24) is 0 Å². The number of hydrogen-bond donors (Lipinski definition) is 0. The zero-order valence-electron chi connectivity index (χ0n) is 4.28. The van der Waals surface area contributed by atoms with E-state index in [1.54, 1.807) is 0 Å². The van der Waals surface area contributed by atoms with Gasteiger partial charge >= 0.3 is 66.1 Å². The van der Waals surface area contributed by atoms with Crippen molar-refractivity contribution in [3.8, 4) is 0 Å². The van der Waals surface area contributed by atoms with Crippen LogP contribution < -0.4 is 0 Å². The van der Waals surface area contributed by atoms with Gasteiger partial charge in [-0.25, -0.2) is 0 Å². The quantitative estimate of drug-likeness (QED) is 0.355. The van der Waals surface area contributed by atoms with Crippen LogP contribution in [0.5, 0.6) is 0 Å². The van der Waals surface area contributed by atoms with Crippen LogP contribution in [0.1, 0.15) is 0 Å². The van der Waals surface area contributed by atoms with Crippen LogP contribution in [0, 0.1) is 0 Å². The molecule has 0 heterocycles. The molecule has 0 rings (SSSR count). The molecule has 4 nitrogen and oxygen atoms in total. The van der Waals surface area contributed by atoms with Gasteiger partial charge in [0.15, 0.2) is 0 Å². The standard InChI is InChI=1S/4ClH.Mo.Ni.H2O4S/c;;;;;;1-5(2,3)4/h4*1H;;;(H2,1,2,3,4)/q;;;;+4;+2;/p-6. The predicted octanol–water partition coefficient (Wildman–Crippen LogP) is 1.42. The average molecular weight is 393 g/mol. The van der Waals surface area contributed by atoms with E-state index in [2.05, 4.69) is 0 Å². The molecule has 0 saturated heterocycles. The molecule has 0 N–H and O–H groups in total. The van der Waals surface area contributed by atoms with Crippen LogP contribution in [0.3, 0.4) is 0 Å². The Hall–Kier alpha value is 2.21. The van der Waals surface area contributed by atoms with Gasteiger partial charge in [-0.05, 0) is 0 Å². The van der Waals surface area contributed by atoms with Gasteiger partial charge in [0, 0.05) is 10.4 Å². The molecule has 0 aliphatic carbocycles. The van der Waals surface area contributed by atoms with E-state index in [-0.39, 0.29) is 16.5 Å². The summed E-state index contributed by atoms with van der Waals surface area (Å²) in [5.74, 6) is 0. The Morgan fingerprint density at radius 1 is 1.00 bits per heavy atom. The Morgan fingerprint density at radius 3 is 1.00 bits per heavy atom. The first-order valence-electron chi connectivity index (χ1n) is 1.28. The first-order chi connectivity index (χ1) is 4.00. The third-order valence-electron chi connectivity index (χ3n) is 0. The smallest absolute Gasteiger partial charge is 2.00 e. The number of hydrogen-bond acceptors (Lipinski definition) is 4. The Balaban J connectivity index is -0.000000107. The van der Waals surface area contributed by atoms with Crippen molar-refractivity contribution in [3.63, 3.8) is 0 Å². The molecule has 0 aliphatic heterocycles. The monoisotopic (exact) mass is 392 g/mol. The van der Waals surface area contributed by atoms with Crippen LogP contribution in [0.4, 0.5) is 0 Å². The van der Waals surface area contributed by atoms with E-state index in [1.807, 2.05) is 0 Å². The molecular weight excluding hydrogens is 393 g/mol. The first-order valence-corrected chi connectivity index (χ1v) is 13.0. The van der Waals surface area contributed by atoms with E-state index in [4.69, 9.17) is 55.2 Å². The third-order valence-corrected chi connectivity index (χ3v) is 0. The summed E-state index contributed by atoms with van der Waals surface area (Å²) in [7, 11) is 14.9. The zero-order chi connectivity index (χ0) is 9.00.